The molecule has 0 saturated carbocycles. The van der Waals surface area contributed by atoms with Crippen molar-refractivity contribution in [2.75, 3.05) is 5.88 Å². The Hall–Kier alpha value is -1.02. The second-order valence-electron chi connectivity index (χ2n) is 3.81. The molecular weight excluding hydrogens is 212 g/mol. The fourth-order valence-corrected chi connectivity index (χ4v) is 2.44. The predicted octanol–water partition coefficient (Wildman–Crippen LogP) is 3.02. The Bertz CT molecular complexity index is 376. The Morgan fingerprint density at radius 1 is 1.47 bits per heavy atom. The molecule has 0 amide bonds. The number of halogens is 1. The number of fused-ring (bicyclic) bond motifs is 1. The summed E-state index contributed by atoms with van der Waals surface area (Å²) in [5, 5.41) is 0. The number of carbonyl (C=O) groups is 1. The largest absolute Gasteiger partial charge is 0.458 e. The van der Waals surface area contributed by atoms with E-state index in [0.29, 0.717) is 11.8 Å². The van der Waals surface area contributed by atoms with Crippen LogP contribution in [0.4, 0.5) is 0 Å². The van der Waals surface area contributed by atoms with E-state index in [-0.39, 0.29) is 12.1 Å². The van der Waals surface area contributed by atoms with Crippen molar-refractivity contribution >= 4 is 17.6 Å². The highest BCUT2D eigenvalue weighted by Crippen LogP contribution is 2.42. The summed E-state index contributed by atoms with van der Waals surface area (Å²) >= 11 is 5.90. The molecule has 1 aliphatic carbocycles. The maximum Gasteiger partial charge on any atom is 0.303 e. The molecule has 2 nitrogen and oxygen atoms in total. The van der Waals surface area contributed by atoms with Crippen molar-refractivity contribution < 1.29 is 9.53 Å². The van der Waals surface area contributed by atoms with E-state index in [2.05, 4.69) is 6.07 Å². The number of carbonyl (C=O) groups excluding carboxylic acids is 1. The molecule has 0 N–H and O–H groups in total. The van der Waals surface area contributed by atoms with E-state index in [1.165, 1.54) is 12.5 Å². The highest BCUT2D eigenvalue weighted by Gasteiger charge is 2.31. The number of alkyl halides is 1. The highest BCUT2D eigenvalue weighted by atomic mass is 35.5. The van der Waals surface area contributed by atoms with Crippen molar-refractivity contribution in [3.05, 3.63) is 35.4 Å². The van der Waals surface area contributed by atoms with Crippen LogP contribution in [0.15, 0.2) is 24.3 Å². The van der Waals surface area contributed by atoms with Crippen molar-refractivity contribution in [2.45, 2.75) is 25.4 Å². The summed E-state index contributed by atoms with van der Waals surface area (Å²) in [6.45, 7) is 1.44. The van der Waals surface area contributed by atoms with Gasteiger partial charge in [-0.25, -0.2) is 0 Å². The normalized spacial score (nSPS) is 23.6. The number of ether oxygens (including phenoxy) is 1. The molecule has 1 aromatic rings. The Morgan fingerprint density at radius 3 is 2.73 bits per heavy atom. The average molecular weight is 225 g/mol. The molecule has 2 unspecified atom stereocenters. The van der Waals surface area contributed by atoms with Gasteiger partial charge < -0.3 is 4.74 Å². The number of hydrogen-bond acceptors (Lipinski definition) is 2. The molecule has 3 heteroatoms. The maximum atomic E-state index is 10.9. The first-order chi connectivity index (χ1) is 7.22. The zero-order valence-corrected chi connectivity index (χ0v) is 9.33. The second-order valence-corrected chi connectivity index (χ2v) is 4.12. The molecule has 2 atom stereocenters. The molecule has 0 spiro atoms. The zero-order valence-electron chi connectivity index (χ0n) is 8.57. The molecule has 15 heavy (non-hydrogen) atoms. The predicted molar refractivity (Wildman–Crippen MR) is 59.0 cm³/mol. The van der Waals surface area contributed by atoms with Crippen LogP contribution in [0.2, 0.25) is 0 Å². The zero-order chi connectivity index (χ0) is 10.8. The lowest BCUT2D eigenvalue weighted by Crippen LogP contribution is -2.05. The van der Waals surface area contributed by atoms with E-state index >= 15 is 0 Å². The van der Waals surface area contributed by atoms with Crippen LogP contribution in [0, 0.1) is 0 Å². The smallest absolute Gasteiger partial charge is 0.303 e. The van der Waals surface area contributed by atoms with Gasteiger partial charge in [-0.1, -0.05) is 24.3 Å². The van der Waals surface area contributed by atoms with Crippen LogP contribution >= 0.6 is 11.6 Å². The van der Waals surface area contributed by atoms with Crippen LogP contribution in [0.25, 0.3) is 0 Å². The van der Waals surface area contributed by atoms with Gasteiger partial charge >= 0.3 is 5.97 Å². The van der Waals surface area contributed by atoms with Crippen LogP contribution in [0.1, 0.15) is 36.5 Å². The van der Waals surface area contributed by atoms with E-state index in [4.69, 9.17) is 16.3 Å². The molecule has 0 saturated heterocycles. The second kappa shape index (κ2) is 4.23. The molecule has 80 valence electrons. The van der Waals surface area contributed by atoms with Gasteiger partial charge in [-0.2, -0.15) is 0 Å². The minimum atomic E-state index is -0.231. The quantitative estimate of drug-likeness (QED) is 0.570. The summed E-state index contributed by atoms with van der Waals surface area (Å²) in [6, 6.07) is 8.03. The third-order valence-corrected chi connectivity index (χ3v) is 3.15. The molecule has 0 radical (unpaired) electrons. The lowest BCUT2D eigenvalue weighted by molar-refractivity contribution is -0.146. The third kappa shape index (κ3) is 2.00. The molecule has 0 aromatic heterocycles. The molecule has 1 aliphatic rings. The van der Waals surface area contributed by atoms with Crippen LogP contribution in [-0.2, 0) is 9.53 Å². The first kappa shape index (κ1) is 10.5. The summed E-state index contributed by atoms with van der Waals surface area (Å²) < 4.78 is 5.27. The van der Waals surface area contributed by atoms with Gasteiger partial charge in [-0.05, 0) is 17.5 Å². The van der Waals surface area contributed by atoms with E-state index in [1.807, 2.05) is 18.2 Å². The maximum absolute atomic E-state index is 10.9. The number of benzene rings is 1. The minimum Gasteiger partial charge on any atom is -0.458 e. The van der Waals surface area contributed by atoms with Crippen LogP contribution in [0.5, 0.6) is 0 Å². The molecule has 0 bridgehead atoms. The van der Waals surface area contributed by atoms with Crippen molar-refractivity contribution in [3.8, 4) is 0 Å². The topological polar surface area (TPSA) is 26.3 Å². The Morgan fingerprint density at radius 2 is 2.13 bits per heavy atom. The Labute approximate surface area is 94.2 Å². The summed E-state index contributed by atoms with van der Waals surface area (Å²) in [5.74, 6) is 0.659. The highest BCUT2D eigenvalue weighted by molar-refractivity contribution is 6.18. The molecule has 1 aromatic carbocycles. The lowest BCUT2D eigenvalue weighted by atomic mass is 10.0. The van der Waals surface area contributed by atoms with Gasteiger partial charge in [-0.15, -0.1) is 11.6 Å². The Balaban J connectivity index is 2.29. The van der Waals surface area contributed by atoms with Gasteiger partial charge in [0.25, 0.3) is 0 Å². The molecule has 0 aliphatic heterocycles. The van der Waals surface area contributed by atoms with Gasteiger partial charge in [0.2, 0.25) is 0 Å². The van der Waals surface area contributed by atoms with Crippen LogP contribution in [-0.4, -0.2) is 11.8 Å². The number of hydrogen-bond donors (Lipinski definition) is 0. The summed E-state index contributed by atoms with van der Waals surface area (Å²) in [6.07, 6.45) is 0.699. The molecule has 2 rings (SSSR count). The summed E-state index contributed by atoms with van der Waals surface area (Å²) in [5.41, 5.74) is 2.33. The third-order valence-electron chi connectivity index (χ3n) is 2.78. The van der Waals surface area contributed by atoms with Gasteiger partial charge in [-0.3, -0.25) is 4.79 Å². The molecule has 0 heterocycles. The van der Waals surface area contributed by atoms with Crippen molar-refractivity contribution in [3.63, 3.8) is 0 Å². The molecule has 0 fully saturated rings. The van der Waals surface area contributed by atoms with Gasteiger partial charge in [0, 0.05) is 18.7 Å². The summed E-state index contributed by atoms with van der Waals surface area (Å²) in [7, 11) is 0. The van der Waals surface area contributed by atoms with E-state index in [9.17, 15) is 4.79 Å². The monoisotopic (exact) mass is 224 g/mol. The Kier molecular flexibility index (Phi) is 2.96. The van der Waals surface area contributed by atoms with Crippen LogP contribution in [0.3, 0.4) is 0 Å². The first-order valence-corrected chi connectivity index (χ1v) is 5.58. The van der Waals surface area contributed by atoms with Crippen LogP contribution < -0.4 is 0 Å². The number of esters is 1. The van der Waals surface area contributed by atoms with Gasteiger partial charge in [0.15, 0.2) is 0 Å². The minimum absolute atomic E-state index is 0.109. The van der Waals surface area contributed by atoms with Crippen molar-refractivity contribution in [2.24, 2.45) is 0 Å². The molecular formula is C12H13ClO2. The average Bonchev–Trinajstić information content (AvgIpc) is 2.56. The van der Waals surface area contributed by atoms with Crippen molar-refractivity contribution in [1.29, 1.82) is 0 Å². The van der Waals surface area contributed by atoms with Gasteiger partial charge in [0.05, 0.1) is 0 Å². The van der Waals surface area contributed by atoms with E-state index in [0.717, 1.165) is 12.0 Å². The standard InChI is InChI=1S/C12H13ClO2/c1-8(14)15-12-6-9(7-13)10-4-2-3-5-11(10)12/h2-5,9,12H,6-7H2,1H3. The fourth-order valence-electron chi connectivity index (χ4n) is 2.15. The van der Waals surface area contributed by atoms with Gasteiger partial charge in [0.1, 0.15) is 6.10 Å². The summed E-state index contributed by atoms with van der Waals surface area (Å²) in [4.78, 5) is 10.9. The van der Waals surface area contributed by atoms with E-state index in [1.54, 1.807) is 0 Å². The SMILES string of the molecule is CC(=O)OC1CC(CCl)c2ccccc21. The lowest BCUT2D eigenvalue weighted by Gasteiger charge is -2.11. The first-order valence-electron chi connectivity index (χ1n) is 5.04. The fraction of sp³-hybridized carbons (Fsp3) is 0.417. The number of rotatable bonds is 2. The van der Waals surface area contributed by atoms with E-state index < -0.39 is 0 Å². The van der Waals surface area contributed by atoms with Crippen molar-refractivity contribution in [1.82, 2.24) is 0 Å².